The van der Waals surface area contributed by atoms with Gasteiger partial charge in [0.05, 0.1) is 12.0 Å². The molecule has 38 heavy (non-hydrogen) atoms. The average Bonchev–Trinajstić information content (AvgIpc) is 3.03. The predicted octanol–water partition coefficient (Wildman–Crippen LogP) is 7.11. The highest BCUT2D eigenvalue weighted by molar-refractivity contribution is 5.71. The number of aliphatic hydroxyl groups excluding tert-OH is 1. The van der Waals surface area contributed by atoms with Crippen molar-refractivity contribution < 1.29 is 24.5 Å². The second-order valence-corrected chi connectivity index (χ2v) is 14.4. The van der Waals surface area contributed by atoms with Crippen molar-refractivity contribution in [2.45, 2.75) is 113 Å². The van der Waals surface area contributed by atoms with Crippen molar-refractivity contribution in [1.82, 2.24) is 0 Å². The number of ether oxygens (including phenoxy) is 1. The summed E-state index contributed by atoms with van der Waals surface area (Å²) in [4.78, 5) is 25.1. The first-order valence-corrected chi connectivity index (χ1v) is 14.7. The lowest BCUT2D eigenvalue weighted by atomic mass is 9.44. The zero-order valence-electron chi connectivity index (χ0n) is 24.9. The van der Waals surface area contributed by atoms with Gasteiger partial charge in [-0.05, 0) is 90.1 Å². The van der Waals surface area contributed by atoms with Gasteiger partial charge in [0.25, 0.3) is 0 Å². The normalized spacial score (nSPS) is 40.3. The van der Waals surface area contributed by atoms with Gasteiger partial charge >= 0.3 is 11.9 Å². The third-order valence-electron chi connectivity index (χ3n) is 12.0. The monoisotopic (exact) mass is 526 g/mol. The Kier molecular flexibility index (Phi) is 7.39. The minimum absolute atomic E-state index is 0.0722. The quantitative estimate of drug-likeness (QED) is 0.273. The summed E-state index contributed by atoms with van der Waals surface area (Å²) in [5, 5.41) is 21.3. The van der Waals surface area contributed by atoms with E-state index < -0.39 is 17.3 Å². The molecule has 5 nitrogen and oxygen atoms in total. The maximum atomic E-state index is 12.8. The number of carboxylic acids is 1. The van der Waals surface area contributed by atoms with Crippen molar-refractivity contribution in [2.75, 3.05) is 0 Å². The lowest BCUT2D eigenvalue weighted by Gasteiger charge is -2.61. The zero-order chi connectivity index (χ0) is 28.4. The van der Waals surface area contributed by atoms with Crippen LogP contribution in [-0.4, -0.2) is 34.4 Å². The number of allylic oxidation sites excluding steroid dienone is 4. The van der Waals surface area contributed by atoms with Gasteiger partial charge in [-0.15, -0.1) is 0 Å². The van der Waals surface area contributed by atoms with Gasteiger partial charge in [0.15, 0.2) is 0 Å². The third kappa shape index (κ3) is 4.14. The SMILES string of the molecule is C=C(CC[C@@H](C(=O)O)[C@H]1C[C@H](OC(C)=O)[C@@]2(C)C3=CC[C@H]4C(C)(C)[C@@H](O)CC[C@]4(C)C3=CC[C@]12C)C(C)C. The molecule has 2 saturated carbocycles. The van der Waals surface area contributed by atoms with E-state index in [9.17, 15) is 19.8 Å². The van der Waals surface area contributed by atoms with E-state index in [1.165, 1.54) is 18.1 Å². The topological polar surface area (TPSA) is 83.8 Å². The molecular formula is C33H50O5. The summed E-state index contributed by atoms with van der Waals surface area (Å²) in [6, 6.07) is 0. The number of esters is 1. The Hall–Kier alpha value is -1.88. The summed E-state index contributed by atoms with van der Waals surface area (Å²) in [5.41, 5.74) is 2.56. The minimum Gasteiger partial charge on any atom is -0.481 e. The van der Waals surface area contributed by atoms with E-state index >= 15 is 0 Å². The molecule has 2 N–H and O–H groups in total. The third-order valence-corrected chi connectivity index (χ3v) is 12.0. The molecule has 0 aromatic carbocycles. The molecular weight excluding hydrogens is 476 g/mol. The lowest BCUT2D eigenvalue weighted by Crippen LogP contribution is -2.56. The molecule has 212 valence electrons. The van der Waals surface area contributed by atoms with Crippen LogP contribution in [0.3, 0.4) is 0 Å². The van der Waals surface area contributed by atoms with Crippen molar-refractivity contribution >= 4 is 11.9 Å². The number of hydrogen-bond donors (Lipinski definition) is 2. The first kappa shape index (κ1) is 29.1. The standard InChI is InChI=1S/C33H50O5/c1-19(2)20(3)10-11-22(29(36)37)25-18-28(38-21(4)34)33(9)24-12-13-26-30(5,6)27(35)15-16-31(26,7)23(24)14-17-32(25,33)8/h12,14,19,22,25-28,35H,3,10-11,13,15-18H2,1-2,4-9H3,(H,36,37)/t22-,25-,26+,27+,28+,31-,32-,33-/m1/s1. The Labute approximate surface area is 229 Å². The predicted molar refractivity (Wildman–Crippen MR) is 150 cm³/mol. The van der Waals surface area contributed by atoms with Crippen LogP contribution in [0.25, 0.3) is 0 Å². The molecule has 0 spiro atoms. The largest absolute Gasteiger partial charge is 0.481 e. The van der Waals surface area contributed by atoms with E-state index in [1.807, 2.05) is 0 Å². The fourth-order valence-electron chi connectivity index (χ4n) is 9.15. The fraction of sp³-hybridized carbons (Fsp3) is 0.758. The van der Waals surface area contributed by atoms with Crippen LogP contribution in [0.15, 0.2) is 35.5 Å². The number of hydrogen-bond acceptors (Lipinski definition) is 4. The molecule has 8 atom stereocenters. The smallest absolute Gasteiger partial charge is 0.306 e. The Balaban J connectivity index is 1.80. The second kappa shape index (κ2) is 9.64. The molecule has 0 unspecified atom stereocenters. The fourth-order valence-corrected chi connectivity index (χ4v) is 9.15. The van der Waals surface area contributed by atoms with Crippen LogP contribution in [0.5, 0.6) is 0 Å². The van der Waals surface area contributed by atoms with Crippen LogP contribution in [0.1, 0.15) is 100 Å². The highest BCUT2D eigenvalue weighted by Crippen LogP contribution is 2.72. The van der Waals surface area contributed by atoms with Gasteiger partial charge in [-0.3, -0.25) is 9.59 Å². The maximum absolute atomic E-state index is 12.8. The zero-order valence-corrected chi connectivity index (χ0v) is 24.9. The van der Waals surface area contributed by atoms with Gasteiger partial charge in [0.2, 0.25) is 0 Å². The Morgan fingerprint density at radius 3 is 2.37 bits per heavy atom. The molecule has 0 amide bonds. The molecule has 0 radical (unpaired) electrons. The summed E-state index contributed by atoms with van der Waals surface area (Å²) in [5.74, 6) is -1.08. The van der Waals surface area contributed by atoms with Crippen molar-refractivity contribution in [3.8, 4) is 0 Å². The van der Waals surface area contributed by atoms with Gasteiger partial charge in [0, 0.05) is 12.3 Å². The number of carbonyl (C=O) groups is 2. The van der Waals surface area contributed by atoms with Crippen LogP contribution in [0, 0.1) is 45.3 Å². The number of aliphatic hydroxyl groups is 1. The highest BCUT2D eigenvalue weighted by atomic mass is 16.5. The molecule has 4 rings (SSSR count). The molecule has 5 heteroatoms. The van der Waals surface area contributed by atoms with Crippen molar-refractivity contribution in [3.05, 3.63) is 35.5 Å². The molecule has 0 heterocycles. The van der Waals surface area contributed by atoms with Gasteiger partial charge < -0.3 is 14.9 Å². The summed E-state index contributed by atoms with van der Waals surface area (Å²) < 4.78 is 6.09. The molecule has 0 bridgehead atoms. The van der Waals surface area contributed by atoms with E-state index in [-0.39, 0.29) is 40.3 Å². The molecule has 2 fully saturated rings. The number of fused-ring (bicyclic) bond motifs is 5. The van der Waals surface area contributed by atoms with E-state index in [1.54, 1.807) is 0 Å². The first-order chi connectivity index (χ1) is 17.5. The Bertz CT molecular complexity index is 1070. The van der Waals surface area contributed by atoms with E-state index in [2.05, 4.69) is 67.2 Å². The number of carbonyl (C=O) groups excluding carboxylic acids is 1. The van der Waals surface area contributed by atoms with Crippen molar-refractivity contribution in [1.29, 1.82) is 0 Å². The molecule has 4 aliphatic carbocycles. The van der Waals surface area contributed by atoms with E-state index in [0.29, 0.717) is 31.1 Å². The Morgan fingerprint density at radius 1 is 1.13 bits per heavy atom. The Morgan fingerprint density at radius 2 is 1.79 bits per heavy atom. The number of aliphatic carboxylic acids is 1. The van der Waals surface area contributed by atoms with Gasteiger partial charge in [-0.25, -0.2) is 0 Å². The maximum Gasteiger partial charge on any atom is 0.306 e. The highest BCUT2D eigenvalue weighted by Gasteiger charge is 2.68. The van der Waals surface area contributed by atoms with Crippen LogP contribution < -0.4 is 0 Å². The minimum atomic E-state index is -0.763. The van der Waals surface area contributed by atoms with Crippen molar-refractivity contribution in [3.63, 3.8) is 0 Å². The van der Waals surface area contributed by atoms with E-state index in [0.717, 1.165) is 31.3 Å². The lowest BCUT2D eigenvalue weighted by molar-refractivity contribution is -0.153. The second-order valence-electron chi connectivity index (χ2n) is 14.4. The van der Waals surface area contributed by atoms with E-state index in [4.69, 9.17) is 4.74 Å². The number of carboxylic acid groups (broad SMARTS) is 1. The molecule has 0 aromatic rings. The van der Waals surface area contributed by atoms with Gasteiger partial charge in [-0.1, -0.05) is 72.8 Å². The van der Waals surface area contributed by atoms with Crippen LogP contribution >= 0.6 is 0 Å². The van der Waals surface area contributed by atoms with Crippen LogP contribution in [-0.2, 0) is 14.3 Å². The first-order valence-electron chi connectivity index (χ1n) is 14.7. The number of rotatable bonds is 7. The van der Waals surface area contributed by atoms with Gasteiger partial charge in [0.1, 0.15) is 6.10 Å². The molecule has 0 aliphatic heterocycles. The van der Waals surface area contributed by atoms with Crippen LogP contribution in [0.2, 0.25) is 0 Å². The molecule has 0 saturated heterocycles. The van der Waals surface area contributed by atoms with Crippen LogP contribution in [0.4, 0.5) is 0 Å². The summed E-state index contributed by atoms with van der Waals surface area (Å²) in [6.45, 7) is 21.1. The summed E-state index contributed by atoms with van der Waals surface area (Å²) >= 11 is 0. The summed E-state index contributed by atoms with van der Waals surface area (Å²) in [7, 11) is 0. The van der Waals surface area contributed by atoms with Gasteiger partial charge in [-0.2, -0.15) is 0 Å². The van der Waals surface area contributed by atoms with Crippen molar-refractivity contribution in [2.24, 2.45) is 45.3 Å². The average molecular weight is 527 g/mol. The molecule has 4 aliphatic rings. The summed E-state index contributed by atoms with van der Waals surface area (Å²) in [6.07, 6.45) is 9.18. The molecule has 0 aromatic heterocycles.